The SMILES string of the molecule is [CH2]COC(=O)c1cccc([N+](=O)[O-])c1. The number of carbonyl (C=O) groups is 1. The Hall–Kier alpha value is -1.91. The zero-order chi connectivity index (χ0) is 10.6. The lowest BCUT2D eigenvalue weighted by molar-refractivity contribution is -0.384. The Balaban J connectivity index is 2.93. The molecule has 0 aliphatic heterocycles. The predicted molar refractivity (Wildman–Crippen MR) is 48.7 cm³/mol. The van der Waals surface area contributed by atoms with Crippen molar-refractivity contribution >= 4 is 11.7 Å². The van der Waals surface area contributed by atoms with Crippen LogP contribution in [0, 0.1) is 17.0 Å². The monoisotopic (exact) mass is 194 g/mol. The fraction of sp³-hybridized carbons (Fsp3) is 0.111. The molecule has 5 heteroatoms. The summed E-state index contributed by atoms with van der Waals surface area (Å²) in [4.78, 5) is 20.9. The minimum atomic E-state index is -0.608. The van der Waals surface area contributed by atoms with Gasteiger partial charge in [0.15, 0.2) is 0 Å². The molecule has 1 aromatic carbocycles. The highest BCUT2D eigenvalue weighted by molar-refractivity contribution is 5.90. The summed E-state index contributed by atoms with van der Waals surface area (Å²) in [6, 6.07) is 5.35. The predicted octanol–water partition coefficient (Wildman–Crippen LogP) is 1.59. The van der Waals surface area contributed by atoms with Crippen LogP contribution in [0.5, 0.6) is 0 Å². The fourth-order valence-electron chi connectivity index (χ4n) is 0.922. The highest BCUT2D eigenvalue weighted by atomic mass is 16.6. The van der Waals surface area contributed by atoms with Crippen LogP contribution < -0.4 is 0 Å². The van der Waals surface area contributed by atoms with E-state index in [4.69, 9.17) is 0 Å². The molecular weight excluding hydrogens is 186 g/mol. The first-order valence-electron chi connectivity index (χ1n) is 3.86. The van der Waals surface area contributed by atoms with Crippen molar-refractivity contribution in [1.82, 2.24) is 0 Å². The van der Waals surface area contributed by atoms with E-state index in [1.54, 1.807) is 0 Å². The number of hydrogen-bond donors (Lipinski definition) is 0. The second-order valence-electron chi connectivity index (χ2n) is 2.44. The number of nitrogens with zero attached hydrogens (tertiary/aromatic N) is 1. The van der Waals surface area contributed by atoms with Crippen LogP contribution in [0.2, 0.25) is 0 Å². The summed E-state index contributed by atoms with van der Waals surface area (Å²) in [6.07, 6.45) is 0. The molecule has 0 heterocycles. The first-order chi connectivity index (χ1) is 6.65. The van der Waals surface area contributed by atoms with Crippen molar-refractivity contribution in [2.24, 2.45) is 0 Å². The van der Waals surface area contributed by atoms with E-state index in [1.807, 2.05) is 0 Å². The van der Waals surface area contributed by atoms with Crippen LogP contribution in [-0.4, -0.2) is 17.5 Å². The van der Waals surface area contributed by atoms with E-state index in [0.29, 0.717) is 0 Å². The summed E-state index contributed by atoms with van der Waals surface area (Å²) in [5.74, 6) is -0.608. The lowest BCUT2D eigenvalue weighted by Gasteiger charge is -2.00. The third-order valence-electron chi connectivity index (χ3n) is 1.53. The van der Waals surface area contributed by atoms with Crippen LogP contribution >= 0.6 is 0 Å². The van der Waals surface area contributed by atoms with Gasteiger partial charge in [0.05, 0.1) is 17.1 Å². The molecule has 0 saturated carbocycles. The Bertz CT molecular complexity index is 362. The topological polar surface area (TPSA) is 69.4 Å². The molecule has 0 fully saturated rings. The third kappa shape index (κ3) is 2.29. The first kappa shape index (κ1) is 10.2. The van der Waals surface area contributed by atoms with E-state index in [2.05, 4.69) is 11.7 Å². The molecule has 1 aromatic rings. The largest absolute Gasteiger partial charge is 0.462 e. The van der Waals surface area contributed by atoms with E-state index in [-0.39, 0.29) is 17.9 Å². The molecule has 0 bridgehead atoms. The maximum Gasteiger partial charge on any atom is 0.338 e. The molecule has 0 N–H and O–H groups in total. The van der Waals surface area contributed by atoms with Gasteiger partial charge in [-0.05, 0) is 13.0 Å². The van der Waals surface area contributed by atoms with Gasteiger partial charge in [0.2, 0.25) is 0 Å². The highest BCUT2D eigenvalue weighted by Gasteiger charge is 2.11. The molecule has 14 heavy (non-hydrogen) atoms. The van der Waals surface area contributed by atoms with Crippen molar-refractivity contribution in [3.05, 3.63) is 46.9 Å². The van der Waals surface area contributed by atoms with E-state index in [1.165, 1.54) is 18.2 Å². The molecule has 5 nitrogen and oxygen atoms in total. The van der Waals surface area contributed by atoms with Gasteiger partial charge in [-0.25, -0.2) is 4.79 Å². The van der Waals surface area contributed by atoms with Gasteiger partial charge in [0, 0.05) is 12.1 Å². The normalized spacial score (nSPS) is 9.50. The summed E-state index contributed by atoms with van der Waals surface area (Å²) in [7, 11) is 0. The quantitative estimate of drug-likeness (QED) is 0.416. The summed E-state index contributed by atoms with van der Waals surface area (Å²) < 4.78 is 4.59. The number of ether oxygens (including phenoxy) is 1. The van der Waals surface area contributed by atoms with Crippen molar-refractivity contribution in [3.63, 3.8) is 0 Å². The first-order valence-corrected chi connectivity index (χ1v) is 3.86. The summed E-state index contributed by atoms with van der Waals surface area (Å²) >= 11 is 0. The van der Waals surface area contributed by atoms with E-state index in [9.17, 15) is 14.9 Å². The van der Waals surface area contributed by atoms with Crippen LogP contribution in [0.15, 0.2) is 24.3 Å². The number of hydrogen-bond acceptors (Lipinski definition) is 4. The highest BCUT2D eigenvalue weighted by Crippen LogP contribution is 2.13. The molecule has 1 radical (unpaired) electrons. The molecule has 1 rings (SSSR count). The van der Waals surface area contributed by atoms with Crippen molar-refractivity contribution in [3.8, 4) is 0 Å². The number of nitro benzene ring substituents is 1. The van der Waals surface area contributed by atoms with Crippen LogP contribution in [0.4, 0.5) is 5.69 Å². The third-order valence-corrected chi connectivity index (χ3v) is 1.53. The van der Waals surface area contributed by atoms with Gasteiger partial charge in [-0.1, -0.05) is 6.07 Å². The number of nitro groups is 1. The maximum absolute atomic E-state index is 11.1. The zero-order valence-electron chi connectivity index (χ0n) is 7.30. The van der Waals surface area contributed by atoms with Gasteiger partial charge in [0.1, 0.15) is 0 Å². The number of carbonyl (C=O) groups excluding carboxylic acids is 1. The van der Waals surface area contributed by atoms with Crippen molar-refractivity contribution in [1.29, 1.82) is 0 Å². The Morgan fingerprint density at radius 3 is 2.86 bits per heavy atom. The van der Waals surface area contributed by atoms with Gasteiger partial charge in [-0.2, -0.15) is 0 Å². The second-order valence-corrected chi connectivity index (χ2v) is 2.44. The number of rotatable bonds is 3. The minimum Gasteiger partial charge on any atom is -0.462 e. The van der Waals surface area contributed by atoms with Gasteiger partial charge >= 0.3 is 5.97 Å². The van der Waals surface area contributed by atoms with E-state index in [0.717, 1.165) is 6.07 Å². The van der Waals surface area contributed by atoms with Crippen LogP contribution in [-0.2, 0) is 4.74 Å². The van der Waals surface area contributed by atoms with Gasteiger partial charge in [-0.3, -0.25) is 10.1 Å². The van der Waals surface area contributed by atoms with Crippen molar-refractivity contribution < 1.29 is 14.5 Å². The van der Waals surface area contributed by atoms with Crippen LogP contribution in [0.25, 0.3) is 0 Å². The molecule has 0 aromatic heterocycles. The van der Waals surface area contributed by atoms with E-state index >= 15 is 0 Å². The molecule has 0 aliphatic carbocycles. The minimum absolute atomic E-state index is 0.00151. The van der Waals surface area contributed by atoms with Crippen LogP contribution in [0.1, 0.15) is 10.4 Å². The molecule has 0 spiro atoms. The Kier molecular flexibility index (Phi) is 3.17. The van der Waals surface area contributed by atoms with Crippen LogP contribution in [0.3, 0.4) is 0 Å². The van der Waals surface area contributed by atoms with E-state index < -0.39 is 10.9 Å². The average molecular weight is 194 g/mol. The maximum atomic E-state index is 11.1. The van der Waals surface area contributed by atoms with Crippen molar-refractivity contribution in [2.75, 3.05) is 6.61 Å². The molecule has 0 saturated heterocycles. The molecule has 0 atom stereocenters. The summed E-state index contributed by atoms with van der Waals surface area (Å²) in [5.41, 5.74) is 0.0198. The standard InChI is InChI=1S/C9H8NO4/c1-2-14-9(11)7-4-3-5-8(6-7)10(12)13/h3-6H,1-2H2. The summed E-state index contributed by atoms with van der Waals surface area (Å²) in [6.45, 7) is 3.33. The number of benzene rings is 1. The Morgan fingerprint density at radius 2 is 2.29 bits per heavy atom. The van der Waals surface area contributed by atoms with Gasteiger partial charge in [-0.15, -0.1) is 0 Å². The lowest BCUT2D eigenvalue weighted by atomic mass is 10.2. The smallest absolute Gasteiger partial charge is 0.338 e. The number of non-ortho nitro benzene ring substituents is 1. The van der Waals surface area contributed by atoms with Gasteiger partial charge in [0.25, 0.3) is 5.69 Å². The molecule has 73 valence electrons. The summed E-state index contributed by atoms with van der Waals surface area (Å²) in [5, 5.41) is 10.4. The molecule has 0 unspecified atom stereocenters. The molecular formula is C9H8NO4. The fourth-order valence-corrected chi connectivity index (χ4v) is 0.922. The molecule has 0 amide bonds. The lowest BCUT2D eigenvalue weighted by Crippen LogP contribution is -2.04. The Labute approximate surface area is 80.5 Å². The Morgan fingerprint density at radius 1 is 1.57 bits per heavy atom. The second kappa shape index (κ2) is 4.36. The van der Waals surface area contributed by atoms with Crippen molar-refractivity contribution in [2.45, 2.75) is 0 Å². The zero-order valence-corrected chi connectivity index (χ0v) is 7.30. The molecule has 0 aliphatic rings. The number of esters is 1. The van der Waals surface area contributed by atoms with Gasteiger partial charge < -0.3 is 4.74 Å². The average Bonchev–Trinajstić information content (AvgIpc) is 2.18.